The third-order valence-corrected chi connectivity index (χ3v) is 11.2. The number of hydrogen-bond donors (Lipinski definition) is 0. The third-order valence-electron chi connectivity index (χ3n) is 11.2. The summed E-state index contributed by atoms with van der Waals surface area (Å²) in [5, 5.41) is 4.91. The quantitative estimate of drug-likeness (QED) is 0.190. The Morgan fingerprint density at radius 3 is 2.28 bits per heavy atom. The number of nitrogens with zero attached hydrogens (tertiary/aromatic N) is 1. The van der Waals surface area contributed by atoms with Gasteiger partial charge in [0.25, 0.3) is 0 Å². The summed E-state index contributed by atoms with van der Waals surface area (Å²) in [6.45, 7) is 7.04. The van der Waals surface area contributed by atoms with E-state index in [1.54, 1.807) is 0 Å². The summed E-state index contributed by atoms with van der Waals surface area (Å²) in [5.41, 5.74) is 15.7. The molecule has 1 aromatic heterocycles. The van der Waals surface area contributed by atoms with Crippen molar-refractivity contribution in [3.05, 3.63) is 168 Å². The minimum Gasteiger partial charge on any atom is -0.455 e. The summed E-state index contributed by atoms with van der Waals surface area (Å²) in [7, 11) is 0. The van der Waals surface area contributed by atoms with Crippen molar-refractivity contribution >= 4 is 55.8 Å². The first-order chi connectivity index (χ1) is 24.5. The Balaban J connectivity index is 1.18. The van der Waals surface area contributed by atoms with Crippen molar-refractivity contribution in [2.75, 3.05) is 4.90 Å². The minimum absolute atomic E-state index is 0.0964. The van der Waals surface area contributed by atoms with Crippen molar-refractivity contribution in [2.24, 2.45) is 5.92 Å². The number of hydrogen-bond acceptors (Lipinski definition) is 2. The van der Waals surface area contributed by atoms with E-state index in [1.165, 1.54) is 55.5 Å². The average Bonchev–Trinajstić information content (AvgIpc) is 3.64. The summed E-state index contributed by atoms with van der Waals surface area (Å²) in [4.78, 5) is 2.48. The van der Waals surface area contributed by atoms with Crippen molar-refractivity contribution in [1.82, 2.24) is 0 Å². The van der Waals surface area contributed by atoms with E-state index in [0.29, 0.717) is 5.92 Å². The fourth-order valence-corrected chi connectivity index (χ4v) is 8.69. The second-order valence-corrected chi connectivity index (χ2v) is 14.6. The van der Waals surface area contributed by atoms with Gasteiger partial charge in [0.2, 0.25) is 0 Å². The normalized spacial score (nSPS) is 15.7. The topological polar surface area (TPSA) is 16.4 Å². The molecule has 0 radical (unpaired) electrons. The van der Waals surface area contributed by atoms with Crippen LogP contribution in [0.3, 0.4) is 0 Å². The molecular weight excluding hydrogens is 607 g/mol. The molecule has 7 aromatic carbocycles. The number of furan rings is 1. The van der Waals surface area contributed by atoms with Crippen molar-refractivity contribution in [3.63, 3.8) is 0 Å². The smallest absolute Gasteiger partial charge is 0.143 e. The predicted molar refractivity (Wildman–Crippen MR) is 211 cm³/mol. The Kier molecular flexibility index (Phi) is 6.30. The summed E-state index contributed by atoms with van der Waals surface area (Å²) in [6, 6.07) is 51.2. The number of benzene rings is 7. The largest absolute Gasteiger partial charge is 0.455 e. The van der Waals surface area contributed by atoms with Gasteiger partial charge in [-0.25, -0.2) is 0 Å². The maximum atomic E-state index is 6.44. The zero-order chi connectivity index (χ0) is 33.6. The highest BCUT2D eigenvalue weighted by Gasteiger charge is 2.36. The lowest BCUT2D eigenvalue weighted by Crippen LogP contribution is -2.17. The van der Waals surface area contributed by atoms with E-state index >= 15 is 0 Å². The van der Waals surface area contributed by atoms with Gasteiger partial charge >= 0.3 is 0 Å². The maximum Gasteiger partial charge on any atom is 0.143 e. The van der Waals surface area contributed by atoms with E-state index in [-0.39, 0.29) is 5.41 Å². The van der Waals surface area contributed by atoms with Gasteiger partial charge in [0, 0.05) is 38.5 Å². The van der Waals surface area contributed by atoms with Crippen molar-refractivity contribution in [3.8, 4) is 22.3 Å². The molecule has 8 aromatic rings. The van der Waals surface area contributed by atoms with E-state index in [4.69, 9.17) is 4.42 Å². The van der Waals surface area contributed by atoms with Gasteiger partial charge in [-0.15, -0.1) is 0 Å². The molecule has 0 amide bonds. The number of para-hydroxylation sites is 2. The lowest BCUT2D eigenvalue weighted by atomic mass is 9.82. The molecule has 1 unspecified atom stereocenters. The van der Waals surface area contributed by atoms with Crippen LogP contribution < -0.4 is 4.90 Å². The van der Waals surface area contributed by atoms with Gasteiger partial charge in [-0.2, -0.15) is 0 Å². The Bertz CT molecular complexity index is 2670. The number of anilines is 3. The van der Waals surface area contributed by atoms with Crippen LogP contribution in [0.25, 0.3) is 61.0 Å². The molecule has 0 N–H and O–H groups in total. The molecule has 240 valence electrons. The van der Waals surface area contributed by atoms with E-state index in [9.17, 15) is 0 Å². The predicted octanol–water partition coefficient (Wildman–Crippen LogP) is 13.4. The van der Waals surface area contributed by atoms with Gasteiger partial charge in [-0.3, -0.25) is 0 Å². The lowest BCUT2D eigenvalue weighted by Gasteiger charge is -2.30. The molecule has 2 heteroatoms. The molecule has 2 nitrogen and oxygen atoms in total. The maximum absolute atomic E-state index is 6.44. The molecule has 0 spiro atoms. The van der Waals surface area contributed by atoms with Crippen LogP contribution >= 0.6 is 0 Å². The van der Waals surface area contributed by atoms with Gasteiger partial charge < -0.3 is 9.32 Å². The first kappa shape index (κ1) is 29.1. The zero-order valence-electron chi connectivity index (χ0n) is 28.6. The lowest BCUT2D eigenvalue weighted by molar-refractivity contribution is 0.660. The molecule has 10 rings (SSSR count). The van der Waals surface area contributed by atoms with Gasteiger partial charge in [0.15, 0.2) is 0 Å². The Hall–Kier alpha value is -5.86. The first-order valence-electron chi connectivity index (χ1n) is 17.7. The van der Waals surface area contributed by atoms with Crippen molar-refractivity contribution in [1.29, 1.82) is 0 Å². The number of allylic oxidation sites excluding steroid dienone is 1. The van der Waals surface area contributed by atoms with Crippen LogP contribution in [0.4, 0.5) is 17.1 Å². The SMILES string of the molecule is CC1C=Cc2ccc3cccc(N(c4ccc(-c5cccc6c5oc5ccccc56)cc4)c4ccc5c(c4)C(C)(C)c4ccccc4-5)c3c2C1. The standard InChI is InChI=1S/C48H37NO/c1-30-18-19-32-20-21-33-10-8-16-44(46(33)41(32)28-30)49(35-26-27-38-37-11-4-6-15-42(37)48(2,3)43(38)29-35)34-24-22-31(23-25-34)36-13-9-14-40-39-12-5-7-17-45(39)50-47(36)40/h4-27,29-30H,28H2,1-3H3. The molecule has 0 saturated carbocycles. The third kappa shape index (κ3) is 4.28. The summed E-state index contributed by atoms with van der Waals surface area (Å²) in [5.74, 6) is 0.495. The van der Waals surface area contributed by atoms with Crippen LogP contribution in [0.1, 0.15) is 43.0 Å². The molecule has 0 saturated heterocycles. The monoisotopic (exact) mass is 643 g/mol. The van der Waals surface area contributed by atoms with Crippen LogP contribution in [0.2, 0.25) is 0 Å². The van der Waals surface area contributed by atoms with E-state index in [1.807, 2.05) is 6.07 Å². The van der Waals surface area contributed by atoms with Gasteiger partial charge in [0.05, 0.1) is 5.69 Å². The molecule has 50 heavy (non-hydrogen) atoms. The van der Waals surface area contributed by atoms with Crippen LogP contribution in [-0.2, 0) is 11.8 Å². The highest BCUT2D eigenvalue weighted by Crippen LogP contribution is 2.51. The molecule has 2 aliphatic carbocycles. The summed E-state index contributed by atoms with van der Waals surface area (Å²) in [6.07, 6.45) is 5.68. The second-order valence-electron chi connectivity index (χ2n) is 14.6. The fraction of sp³-hybridized carbons (Fsp3) is 0.125. The van der Waals surface area contributed by atoms with E-state index < -0.39 is 0 Å². The fourth-order valence-electron chi connectivity index (χ4n) is 8.69. The van der Waals surface area contributed by atoms with E-state index in [0.717, 1.165) is 45.2 Å². The highest BCUT2D eigenvalue weighted by molar-refractivity contribution is 6.09. The number of fused-ring (bicyclic) bond motifs is 9. The minimum atomic E-state index is -0.0964. The van der Waals surface area contributed by atoms with Crippen LogP contribution in [-0.4, -0.2) is 0 Å². The van der Waals surface area contributed by atoms with Crippen molar-refractivity contribution in [2.45, 2.75) is 32.6 Å². The summed E-state index contributed by atoms with van der Waals surface area (Å²) < 4.78 is 6.44. The average molecular weight is 644 g/mol. The highest BCUT2D eigenvalue weighted by atomic mass is 16.3. The zero-order valence-corrected chi connectivity index (χ0v) is 28.6. The molecule has 2 aliphatic rings. The summed E-state index contributed by atoms with van der Waals surface area (Å²) >= 11 is 0. The van der Waals surface area contributed by atoms with Gasteiger partial charge in [0.1, 0.15) is 11.2 Å². The van der Waals surface area contributed by atoms with Crippen LogP contribution in [0, 0.1) is 5.92 Å². The van der Waals surface area contributed by atoms with Crippen molar-refractivity contribution < 1.29 is 4.42 Å². The van der Waals surface area contributed by atoms with Gasteiger partial charge in [-0.05, 0) is 93.1 Å². The molecule has 0 bridgehead atoms. The molecule has 0 fully saturated rings. The van der Waals surface area contributed by atoms with E-state index in [2.05, 4.69) is 171 Å². The molecule has 0 aliphatic heterocycles. The Morgan fingerprint density at radius 1 is 0.640 bits per heavy atom. The Labute approximate surface area is 292 Å². The van der Waals surface area contributed by atoms with Crippen LogP contribution in [0.15, 0.2) is 150 Å². The molecule has 1 heterocycles. The van der Waals surface area contributed by atoms with Gasteiger partial charge in [-0.1, -0.05) is 136 Å². The second kappa shape index (κ2) is 10.8. The first-order valence-corrected chi connectivity index (χ1v) is 17.7. The molecule has 1 atom stereocenters. The number of rotatable bonds is 4. The van der Waals surface area contributed by atoms with Crippen LogP contribution in [0.5, 0.6) is 0 Å². The molecular formula is C48H37NO. The Morgan fingerprint density at radius 2 is 1.38 bits per heavy atom.